The highest BCUT2D eigenvalue weighted by Gasteiger charge is 2.56. The molecule has 1 atom stereocenters. The summed E-state index contributed by atoms with van der Waals surface area (Å²) in [6, 6.07) is 10.0. The molecule has 2 aliphatic rings. The van der Waals surface area contributed by atoms with Gasteiger partial charge in [0.2, 0.25) is 0 Å². The highest BCUT2D eigenvalue weighted by Crippen LogP contribution is 2.37. The minimum Gasteiger partial charge on any atom is -0.497 e. The van der Waals surface area contributed by atoms with Crippen molar-refractivity contribution in [1.29, 1.82) is 0 Å². The number of hydrogen-bond acceptors (Lipinski definition) is 5. The lowest BCUT2D eigenvalue weighted by Crippen LogP contribution is -2.58. The maximum Gasteiger partial charge on any atom is 0.327 e. The average Bonchev–Trinajstić information content (AvgIpc) is 3.40. The van der Waals surface area contributed by atoms with Crippen molar-refractivity contribution in [1.82, 2.24) is 24.5 Å². The maximum atomic E-state index is 13.2. The largest absolute Gasteiger partial charge is 0.497 e. The first-order valence-electron chi connectivity index (χ1n) is 11.4. The van der Waals surface area contributed by atoms with Crippen LogP contribution in [0.5, 0.6) is 5.75 Å². The minimum atomic E-state index is -0.712. The van der Waals surface area contributed by atoms with Crippen LogP contribution in [0.4, 0.5) is 4.79 Å². The summed E-state index contributed by atoms with van der Waals surface area (Å²) in [6.07, 6.45) is 6.85. The molecule has 8 nitrogen and oxygen atoms in total. The summed E-state index contributed by atoms with van der Waals surface area (Å²) in [6.45, 7) is 5.27. The number of benzene rings is 1. The Bertz CT molecular complexity index is 920. The molecular formula is C24H33N5O3. The van der Waals surface area contributed by atoms with E-state index in [4.69, 9.17) is 4.74 Å². The Morgan fingerprint density at radius 1 is 1.12 bits per heavy atom. The summed E-state index contributed by atoms with van der Waals surface area (Å²) in [4.78, 5) is 31.7. The van der Waals surface area contributed by atoms with E-state index < -0.39 is 5.54 Å². The summed E-state index contributed by atoms with van der Waals surface area (Å²) in [5.41, 5.74) is 0.414. The zero-order valence-electron chi connectivity index (χ0n) is 19.2. The van der Waals surface area contributed by atoms with Gasteiger partial charge in [0.15, 0.2) is 0 Å². The van der Waals surface area contributed by atoms with Crippen LogP contribution < -0.4 is 4.74 Å². The van der Waals surface area contributed by atoms with Crippen molar-refractivity contribution in [2.75, 3.05) is 33.8 Å². The number of aryl methyl sites for hydroxylation is 1. The number of ether oxygens (including phenoxy) is 1. The van der Waals surface area contributed by atoms with E-state index in [0.29, 0.717) is 31.8 Å². The normalized spacial score (nSPS) is 19.7. The topological polar surface area (TPSA) is 70.9 Å². The Hall–Kier alpha value is -2.87. The molecule has 1 aromatic carbocycles. The molecule has 32 heavy (non-hydrogen) atoms. The molecular weight excluding hydrogens is 406 g/mol. The van der Waals surface area contributed by atoms with E-state index in [1.165, 1.54) is 4.90 Å². The predicted molar refractivity (Wildman–Crippen MR) is 121 cm³/mol. The summed E-state index contributed by atoms with van der Waals surface area (Å²) in [7, 11) is 3.26. The zero-order chi connectivity index (χ0) is 22.7. The number of carbonyl (C=O) groups is 2. The molecule has 2 aliphatic heterocycles. The molecule has 0 N–H and O–H groups in total. The standard InChI is InChI=1S/C24H33N5O3/c1-19(9-15-28-14-4-13-25-28)27-17-11-24(12-18-27)22(30)26(2)23(31)29(24)16-10-20-5-7-21(32-3)8-6-20/h4-8,13-14,19H,9-12,15-18H2,1-3H3/t19-/m1/s1. The average molecular weight is 440 g/mol. The molecule has 2 fully saturated rings. The molecule has 2 aromatic rings. The summed E-state index contributed by atoms with van der Waals surface area (Å²) in [5, 5.41) is 4.28. The van der Waals surface area contributed by atoms with E-state index >= 15 is 0 Å². The summed E-state index contributed by atoms with van der Waals surface area (Å²) >= 11 is 0. The van der Waals surface area contributed by atoms with Crippen molar-refractivity contribution >= 4 is 11.9 Å². The SMILES string of the molecule is COc1ccc(CCN2C(=O)N(C)C(=O)C23CCN([C@H](C)CCn2cccn2)CC3)cc1. The first-order valence-corrected chi connectivity index (χ1v) is 11.4. The van der Waals surface area contributed by atoms with Gasteiger partial charge >= 0.3 is 6.03 Å². The van der Waals surface area contributed by atoms with Crippen molar-refractivity contribution in [2.45, 2.75) is 50.7 Å². The number of rotatable bonds is 8. The molecule has 8 heteroatoms. The number of likely N-dealkylation sites (N-methyl/N-ethyl adjacent to an activating group) is 1. The molecule has 1 aromatic heterocycles. The smallest absolute Gasteiger partial charge is 0.327 e. The van der Waals surface area contributed by atoms with Gasteiger partial charge < -0.3 is 14.5 Å². The Labute approximate surface area is 189 Å². The van der Waals surface area contributed by atoms with Crippen LogP contribution in [0.3, 0.4) is 0 Å². The molecule has 0 aliphatic carbocycles. The number of piperidine rings is 1. The van der Waals surface area contributed by atoms with Crippen molar-refractivity contribution in [3.63, 3.8) is 0 Å². The van der Waals surface area contributed by atoms with Gasteiger partial charge in [-0.3, -0.25) is 14.4 Å². The van der Waals surface area contributed by atoms with Crippen molar-refractivity contribution in [3.8, 4) is 5.75 Å². The molecule has 4 rings (SSSR count). The molecule has 0 saturated carbocycles. The van der Waals surface area contributed by atoms with Gasteiger partial charge in [0.25, 0.3) is 5.91 Å². The lowest BCUT2D eigenvalue weighted by atomic mass is 9.85. The van der Waals surface area contributed by atoms with Crippen LogP contribution in [-0.2, 0) is 17.8 Å². The van der Waals surface area contributed by atoms with E-state index in [2.05, 4.69) is 16.9 Å². The van der Waals surface area contributed by atoms with E-state index in [0.717, 1.165) is 37.4 Å². The molecule has 3 amide bonds. The zero-order valence-corrected chi connectivity index (χ0v) is 19.2. The number of imide groups is 1. The molecule has 2 saturated heterocycles. The third kappa shape index (κ3) is 4.24. The second-order valence-corrected chi connectivity index (χ2v) is 8.87. The van der Waals surface area contributed by atoms with Gasteiger partial charge in [0, 0.05) is 51.7 Å². The molecule has 0 unspecified atom stereocenters. The third-order valence-electron chi connectivity index (χ3n) is 7.10. The van der Waals surface area contributed by atoms with E-state index in [-0.39, 0.29) is 11.9 Å². The number of nitrogens with zero attached hydrogens (tertiary/aromatic N) is 5. The minimum absolute atomic E-state index is 0.0546. The van der Waals surface area contributed by atoms with Crippen LogP contribution >= 0.6 is 0 Å². The monoisotopic (exact) mass is 439 g/mol. The number of urea groups is 1. The van der Waals surface area contributed by atoms with Gasteiger partial charge in [-0.05, 0) is 56.4 Å². The van der Waals surface area contributed by atoms with Crippen molar-refractivity contribution in [3.05, 3.63) is 48.3 Å². The van der Waals surface area contributed by atoms with Gasteiger partial charge in [-0.1, -0.05) is 12.1 Å². The van der Waals surface area contributed by atoms with E-state index in [9.17, 15) is 9.59 Å². The number of methoxy groups -OCH3 is 1. The summed E-state index contributed by atoms with van der Waals surface area (Å²) < 4.78 is 7.18. The Morgan fingerprint density at radius 2 is 1.84 bits per heavy atom. The van der Waals surface area contributed by atoms with Gasteiger partial charge in [0.1, 0.15) is 11.3 Å². The molecule has 3 heterocycles. The lowest BCUT2D eigenvalue weighted by Gasteiger charge is -2.44. The van der Waals surface area contributed by atoms with Crippen LogP contribution in [-0.4, -0.2) is 81.8 Å². The number of aromatic nitrogens is 2. The number of carbonyl (C=O) groups excluding carboxylic acids is 2. The Kier molecular flexibility index (Phi) is 6.50. The van der Waals surface area contributed by atoms with Crippen LogP contribution in [0.2, 0.25) is 0 Å². The van der Waals surface area contributed by atoms with Crippen molar-refractivity contribution < 1.29 is 14.3 Å². The van der Waals surface area contributed by atoms with E-state index in [1.807, 2.05) is 46.1 Å². The van der Waals surface area contributed by atoms with Crippen LogP contribution in [0.25, 0.3) is 0 Å². The predicted octanol–water partition coefficient (Wildman–Crippen LogP) is 2.64. The molecule has 172 valence electrons. The Balaban J connectivity index is 1.39. The summed E-state index contributed by atoms with van der Waals surface area (Å²) in [5.74, 6) is 0.757. The first-order chi connectivity index (χ1) is 15.4. The number of likely N-dealkylation sites (tertiary alicyclic amines) is 1. The van der Waals surface area contributed by atoms with Gasteiger partial charge in [-0.25, -0.2) is 4.79 Å². The molecule has 1 spiro atoms. The Morgan fingerprint density at radius 3 is 2.47 bits per heavy atom. The van der Waals surface area contributed by atoms with Crippen LogP contribution in [0.1, 0.15) is 31.7 Å². The number of hydrogen-bond donors (Lipinski definition) is 0. The lowest BCUT2D eigenvalue weighted by molar-refractivity contribution is -0.135. The van der Waals surface area contributed by atoms with E-state index in [1.54, 1.807) is 20.4 Å². The molecule has 0 radical (unpaired) electrons. The fraction of sp³-hybridized carbons (Fsp3) is 0.542. The van der Waals surface area contributed by atoms with Gasteiger partial charge in [0.05, 0.1) is 7.11 Å². The van der Waals surface area contributed by atoms with Crippen LogP contribution in [0.15, 0.2) is 42.7 Å². The first kappa shape index (κ1) is 22.3. The van der Waals surface area contributed by atoms with Gasteiger partial charge in [-0.15, -0.1) is 0 Å². The molecule has 0 bridgehead atoms. The van der Waals surface area contributed by atoms with Crippen molar-refractivity contribution in [2.24, 2.45) is 0 Å². The second-order valence-electron chi connectivity index (χ2n) is 8.87. The maximum absolute atomic E-state index is 13.2. The second kappa shape index (κ2) is 9.32. The van der Waals surface area contributed by atoms with Crippen LogP contribution in [0, 0.1) is 0 Å². The fourth-order valence-electron chi connectivity index (χ4n) is 4.97. The fourth-order valence-corrected chi connectivity index (χ4v) is 4.97. The number of amides is 3. The highest BCUT2D eigenvalue weighted by atomic mass is 16.5. The third-order valence-corrected chi connectivity index (χ3v) is 7.10. The highest BCUT2D eigenvalue weighted by molar-refractivity contribution is 6.06. The van der Waals surface area contributed by atoms with Gasteiger partial charge in [-0.2, -0.15) is 5.10 Å². The quantitative estimate of drug-likeness (QED) is 0.592.